The molecule has 0 N–H and O–H groups in total. The topological polar surface area (TPSA) is 9.23 Å². The summed E-state index contributed by atoms with van der Waals surface area (Å²) < 4.78 is 5.95. The van der Waals surface area contributed by atoms with E-state index in [1.165, 1.54) is 4.91 Å². The van der Waals surface area contributed by atoms with Crippen LogP contribution in [0, 0.1) is 0 Å². The molecule has 0 bridgehead atoms. The van der Waals surface area contributed by atoms with Gasteiger partial charge in [0, 0.05) is 10.5 Å². The number of allylic oxidation sites excluding steroid dienone is 2. The molecule has 0 aliphatic carbocycles. The molecule has 0 fully saturated rings. The van der Waals surface area contributed by atoms with Crippen LogP contribution in [0.2, 0.25) is 0 Å². The first-order valence-corrected chi connectivity index (χ1v) is 7.34. The maximum atomic E-state index is 5.95. The van der Waals surface area contributed by atoms with Crippen molar-refractivity contribution in [3.05, 3.63) is 77.7 Å². The molecule has 20 heavy (non-hydrogen) atoms. The summed E-state index contributed by atoms with van der Waals surface area (Å²) in [7, 11) is 0. The number of hydrogen-bond donors (Lipinski definition) is 0. The second-order valence-electron chi connectivity index (χ2n) is 4.34. The fourth-order valence-electron chi connectivity index (χ4n) is 1.71. The second kappa shape index (κ2) is 7.01. The highest BCUT2D eigenvalue weighted by Crippen LogP contribution is 2.37. The minimum atomic E-state index is 0.833. The summed E-state index contributed by atoms with van der Waals surface area (Å²) in [5.41, 5.74) is 1.03. The molecule has 0 heterocycles. The molecule has 0 spiro atoms. The number of thioether (sulfide) groups is 1. The molecule has 0 radical (unpaired) electrons. The highest BCUT2D eigenvalue weighted by molar-refractivity contribution is 8.11. The Morgan fingerprint density at radius 2 is 1.70 bits per heavy atom. The van der Waals surface area contributed by atoms with E-state index < -0.39 is 0 Å². The first-order valence-electron chi connectivity index (χ1n) is 6.52. The van der Waals surface area contributed by atoms with Crippen LogP contribution in [0.1, 0.15) is 19.4 Å². The van der Waals surface area contributed by atoms with E-state index in [-0.39, 0.29) is 0 Å². The molecule has 2 rings (SSSR count). The van der Waals surface area contributed by atoms with Crippen molar-refractivity contribution in [3.63, 3.8) is 0 Å². The number of benzene rings is 2. The second-order valence-corrected chi connectivity index (χ2v) is 5.68. The molecule has 1 nitrogen and oxygen atoms in total. The first-order chi connectivity index (χ1) is 9.70. The molecule has 2 heteroatoms. The molecule has 0 aliphatic heterocycles. The van der Waals surface area contributed by atoms with Crippen molar-refractivity contribution in [2.45, 2.75) is 13.8 Å². The van der Waals surface area contributed by atoms with E-state index in [1.54, 1.807) is 11.8 Å². The van der Waals surface area contributed by atoms with E-state index in [2.05, 4.69) is 19.6 Å². The van der Waals surface area contributed by atoms with Crippen LogP contribution in [0.4, 0.5) is 0 Å². The lowest BCUT2D eigenvalue weighted by atomic mass is 10.2. The van der Waals surface area contributed by atoms with Gasteiger partial charge in [-0.25, -0.2) is 0 Å². The quantitative estimate of drug-likeness (QED) is 0.654. The van der Waals surface area contributed by atoms with Crippen LogP contribution < -0.4 is 4.74 Å². The Hall–Kier alpha value is -1.93. The molecule has 2 aromatic rings. The zero-order chi connectivity index (χ0) is 14.4. The zero-order valence-electron chi connectivity index (χ0n) is 11.8. The maximum absolute atomic E-state index is 5.95. The van der Waals surface area contributed by atoms with Crippen LogP contribution in [-0.4, -0.2) is 0 Å². The van der Waals surface area contributed by atoms with Crippen LogP contribution in [-0.2, 0) is 0 Å². The molecule has 0 aliphatic rings. The standard InChI is InChI=1S/C18H18OS/c1-4-14(2)20-15(3)17-12-8-9-13-18(17)19-16-10-6-5-7-11-16/h4-13H,3H2,1-2H3/b14-4-. The Balaban J connectivity index is 2.24. The molecule has 0 aromatic heterocycles. The summed E-state index contributed by atoms with van der Waals surface area (Å²) in [6, 6.07) is 17.8. The lowest BCUT2D eigenvalue weighted by Crippen LogP contribution is -1.89. The predicted octanol–water partition coefficient (Wildman–Crippen LogP) is 6.11. The van der Waals surface area contributed by atoms with Crippen molar-refractivity contribution in [3.8, 4) is 11.5 Å². The van der Waals surface area contributed by atoms with E-state index in [0.717, 1.165) is 22.0 Å². The smallest absolute Gasteiger partial charge is 0.135 e. The molecule has 0 unspecified atom stereocenters. The molecule has 0 amide bonds. The third-order valence-electron chi connectivity index (χ3n) is 2.85. The van der Waals surface area contributed by atoms with Crippen LogP contribution >= 0.6 is 11.8 Å². The monoisotopic (exact) mass is 282 g/mol. The van der Waals surface area contributed by atoms with Gasteiger partial charge in [0.15, 0.2) is 0 Å². The third-order valence-corrected chi connectivity index (χ3v) is 3.87. The third kappa shape index (κ3) is 3.78. The zero-order valence-corrected chi connectivity index (χ0v) is 12.6. The first kappa shape index (κ1) is 14.5. The highest BCUT2D eigenvalue weighted by atomic mass is 32.2. The van der Waals surface area contributed by atoms with Gasteiger partial charge in [-0.2, -0.15) is 0 Å². The Labute approximate surface area is 125 Å². The fourth-order valence-corrected chi connectivity index (χ4v) is 2.49. The number of rotatable bonds is 5. The average Bonchev–Trinajstić information content (AvgIpc) is 2.48. The molecule has 0 saturated heterocycles. The van der Waals surface area contributed by atoms with E-state index >= 15 is 0 Å². The van der Waals surface area contributed by atoms with E-state index in [4.69, 9.17) is 4.74 Å². The van der Waals surface area contributed by atoms with Crippen LogP contribution in [0.15, 0.2) is 72.2 Å². The number of ether oxygens (including phenoxy) is 1. The number of hydrogen-bond acceptors (Lipinski definition) is 2. The lowest BCUT2D eigenvalue weighted by Gasteiger charge is -2.12. The normalized spacial score (nSPS) is 11.2. The van der Waals surface area contributed by atoms with Gasteiger partial charge in [0.2, 0.25) is 0 Å². The lowest BCUT2D eigenvalue weighted by molar-refractivity contribution is 0.481. The summed E-state index contributed by atoms with van der Waals surface area (Å²) in [5, 5.41) is 0. The van der Waals surface area contributed by atoms with Gasteiger partial charge in [-0.05, 0) is 37.0 Å². The Morgan fingerprint density at radius 3 is 2.40 bits per heavy atom. The minimum absolute atomic E-state index is 0.833. The van der Waals surface area contributed by atoms with Gasteiger partial charge in [-0.3, -0.25) is 0 Å². The van der Waals surface area contributed by atoms with Crippen LogP contribution in [0.3, 0.4) is 0 Å². The van der Waals surface area contributed by atoms with E-state index in [1.807, 2.05) is 61.5 Å². The predicted molar refractivity (Wildman–Crippen MR) is 89.0 cm³/mol. The van der Waals surface area contributed by atoms with Crippen LogP contribution in [0.25, 0.3) is 4.91 Å². The summed E-state index contributed by atoms with van der Waals surface area (Å²) in [6.45, 7) is 8.27. The largest absolute Gasteiger partial charge is 0.457 e. The van der Waals surface area contributed by atoms with E-state index in [9.17, 15) is 0 Å². The molecule has 0 atom stereocenters. The van der Waals surface area contributed by atoms with Crippen molar-refractivity contribution >= 4 is 16.7 Å². The molecular formula is C18H18OS. The molecule has 2 aromatic carbocycles. The summed E-state index contributed by atoms with van der Waals surface area (Å²) in [6.07, 6.45) is 2.08. The van der Waals surface area contributed by atoms with Gasteiger partial charge < -0.3 is 4.74 Å². The number of para-hydroxylation sites is 2. The maximum Gasteiger partial charge on any atom is 0.135 e. The van der Waals surface area contributed by atoms with Gasteiger partial charge in [-0.1, -0.05) is 60.8 Å². The van der Waals surface area contributed by atoms with Crippen molar-refractivity contribution in [2.75, 3.05) is 0 Å². The van der Waals surface area contributed by atoms with Gasteiger partial charge in [0.25, 0.3) is 0 Å². The highest BCUT2D eigenvalue weighted by Gasteiger charge is 2.08. The fraction of sp³-hybridized carbons (Fsp3) is 0.111. The molecule has 102 valence electrons. The average molecular weight is 282 g/mol. The molecule has 0 saturated carbocycles. The van der Waals surface area contributed by atoms with E-state index in [0.29, 0.717) is 0 Å². The van der Waals surface area contributed by atoms with Gasteiger partial charge in [-0.15, -0.1) is 0 Å². The van der Waals surface area contributed by atoms with Crippen molar-refractivity contribution < 1.29 is 4.74 Å². The summed E-state index contributed by atoms with van der Waals surface area (Å²) in [4.78, 5) is 2.22. The van der Waals surface area contributed by atoms with Gasteiger partial charge in [0.1, 0.15) is 11.5 Å². The SMILES string of the molecule is C=C(S/C(C)=C\C)c1ccccc1Oc1ccccc1. The van der Waals surface area contributed by atoms with Crippen LogP contribution in [0.5, 0.6) is 11.5 Å². The Morgan fingerprint density at radius 1 is 1.05 bits per heavy atom. The molecular weight excluding hydrogens is 264 g/mol. The van der Waals surface area contributed by atoms with Crippen molar-refractivity contribution in [1.82, 2.24) is 0 Å². The minimum Gasteiger partial charge on any atom is -0.457 e. The Bertz CT molecular complexity index is 614. The summed E-state index contributed by atoms with van der Waals surface area (Å²) >= 11 is 1.66. The van der Waals surface area contributed by atoms with Crippen molar-refractivity contribution in [2.24, 2.45) is 0 Å². The summed E-state index contributed by atoms with van der Waals surface area (Å²) in [5.74, 6) is 1.67. The Kier molecular flexibility index (Phi) is 5.08. The van der Waals surface area contributed by atoms with Gasteiger partial charge in [0.05, 0.1) is 0 Å². The van der Waals surface area contributed by atoms with Gasteiger partial charge >= 0.3 is 0 Å². The van der Waals surface area contributed by atoms with Crippen molar-refractivity contribution in [1.29, 1.82) is 0 Å².